The Hall–Kier alpha value is -3.38. The highest BCUT2D eigenvalue weighted by molar-refractivity contribution is 6.30. The number of hydrogen-bond acceptors (Lipinski definition) is 4. The molecule has 0 aliphatic rings. The van der Waals surface area contributed by atoms with E-state index in [1.165, 1.54) is 6.20 Å². The average molecular weight is 393 g/mol. The molecular formula is C21H17ClN4O2. The lowest BCUT2D eigenvalue weighted by molar-refractivity contribution is 0.102. The third-order valence-electron chi connectivity index (χ3n) is 4.31. The van der Waals surface area contributed by atoms with Crippen LogP contribution in [0.2, 0.25) is 5.02 Å². The molecule has 6 nitrogen and oxygen atoms in total. The predicted octanol–water partition coefficient (Wildman–Crippen LogP) is 5.05. The highest BCUT2D eigenvalue weighted by atomic mass is 35.5. The number of amides is 1. The fourth-order valence-corrected chi connectivity index (χ4v) is 2.91. The zero-order valence-electron chi connectivity index (χ0n) is 15.3. The van der Waals surface area contributed by atoms with Crippen molar-refractivity contribution in [3.05, 3.63) is 83.0 Å². The van der Waals surface area contributed by atoms with Crippen molar-refractivity contribution in [2.24, 2.45) is 0 Å². The Morgan fingerprint density at radius 1 is 1.14 bits per heavy atom. The van der Waals surface area contributed by atoms with E-state index in [2.05, 4.69) is 15.4 Å². The molecule has 28 heavy (non-hydrogen) atoms. The first-order chi connectivity index (χ1) is 13.5. The monoisotopic (exact) mass is 392 g/mol. The predicted molar refractivity (Wildman–Crippen MR) is 108 cm³/mol. The summed E-state index contributed by atoms with van der Waals surface area (Å²) in [6.45, 7) is 3.76. The van der Waals surface area contributed by atoms with Crippen LogP contribution in [0.3, 0.4) is 0 Å². The van der Waals surface area contributed by atoms with Gasteiger partial charge in [-0.2, -0.15) is 5.10 Å². The van der Waals surface area contributed by atoms with E-state index in [9.17, 15) is 4.79 Å². The molecule has 140 valence electrons. The molecule has 0 aliphatic carbocycles. The molecule has 0 fully saturated rings. The zero-order valence-corrected chi connectivity index (χ0v) is 16.1. The van der Waals surface area contributed by atoms with Crippen molar-refractivity contribution >= 4 is 23.2 Å². The first-order valence-electron chi connectivity index (χ1n) is 8.66. The molecule has 0 saturated heterocycles. The Bertz CT molecular complexity index is 1140. The van der Waals surface area contributed by atoms with Gasteiger partial charge in [-0.3, -0.25) is 4.79 Å². The standard InChI is InChI=1S/C21H17ClN4O2/c1-13-14(2)28-21(24-13)15-5-3-7-18(9-15)25-20(27)16-11-23-26(12-16)19-8-4-6-17(22)10-19/h3-12H,1-2H3,(H,25,27). The normalized spacial score (nSPS) is 10.8. The molecule has 0 spiro atoms. The van der Waals surface area contributed by atoms with E-state index in [0.717, 1.165) is 22.7 Å². The summed E-state index contributed by atoms with van der Waals surface area (Å²) < 4.78 is 7.27. The van der Waals surface area contributed by atoms with Gasteiger partial charge in [0.2, 0.25) is 5.89 Å². The van der Waals surface area contributed by atoms with Crippen molar-refractivity contribution in [2.75, 3.05) is 5.32 Å². The minimum Gasteiger partial charge on any atom is -0.441 e. The van der Waals surface area contributed by atoms with Crippen molar-refractivity contribution < 1.29 is 9.21 Å². The van der Waals surface area contributed by atoms with Gasteiger partial charge in [0.05, 0.1) is 23.1 Å². The minimum atomic E-state index is -0.259. The first kappa shape index (κ1) is 18.0. The number of carbonyl (C=O) groups excluding carboxylic acids is 1. The number of rotatable bonds is 4. The summed E-state index contributed by atoms with van der Waals surface area (Å²) in [5.41, 5.74) is 3.50. The lowest BCUT2D eigenvalue weighted by Crippen LogP contribution is -2.11. The molecule has 0 unspecified atom stereocenters. The molecule has 1 N–H and O–H groups in total. The fourth-order valence-electron chi connectivity index (χ4n) is 2.73. The second kappa shape index (κ2) is 7.32. The van der Waals surface area contributed by atoms with Gasteiger partial charge >= 0.3 is 0 Å². The van der Waals surface area contributed by atoms with E-state index in [0.29, 0.717) is 22.2 Å². The van der Waals surface area contributed by atoms with Crippen molar-refractivity contribution in [1.29, 1.82) is 0 Å². The van der Waals surface area contributed by atoms with E-state index >= 15 is 0 Å². The maximum Gasteiger partial charge on any atom is 0.258 e. The van der Waals surface area contributed by atoms with Crippen molar-refractivity contribution in [1.82, 2.24) is 14.8 Å². The van der Waals surface area contributed by atoms with Crippen LogP contribution in [0.15, 0.2) is 65.3 Å². The fraction of sp³-hybridized carbons (Fsp3) is 0.0952. The summed E-state index contributed by atoms with van der Waals surface area (Å²) in [7, 11) is 0. The molecule has 2 aromatic carbocycles. The van der Waals surface area contributed by atoms with E-state index in [1.54, 1.807) is 23.0 Å². The van der Waals surface area contributed by atoms with E-state index < -0.39 is 0 Å². The van der Waals surface area contributed by atoms with Gasteiger partial charge in [0, 0.05) is 22.5 Å². The number of benzene rings is 2. The van der Waals surface area contributed by atoms with Crippen LogP contribution in [-0.4, -0.2) is 20.7 Å². The molecule has 4 rings (SSSR count). The molecule has 0 saturated carbocycles. The molecule has 7 heteroatoms. The maximum atomic E-state index is 12.6. The topological polar surface area (TPSA) is 73.0 Å². The number of oxazole rings is 1. The van der Waals surface area contributed by atoms with Gasteiger partial charge in [0.1, 0.15) is 5.76 Å². The van der Waals surface area contributed by atoms with Gasteiger partial charge in [-0.05, 0) is 50.2 Å². The second-order valence-electron chi connectivity index (χ2n) is 6.35. The molecule has 4 aromatic rings. The summed E-state index contributed by atoms with van der Waals surface area (Å²) in [4.78, 5) is 17.0. The average Bonchev–Trinajstić information content (AvgIpc) is 3.30. The molecule has 2 heterocycles. The van der Waals surface area contributed by atoms with Crippen LogP contribution in [0.1, 0.15) is 21.8 Å². The molecule has 1 amide bonds. The van der Waals surface area contributed by atoms with Crippen LogP contribution in [0.25, 0.3) is 17.1 Å². The second-order valence-corrected chi connectivity index (χ2v) is 6.79. The minimum absolute atomic E-state index is 0.259. The van der Waals surface area contributed by atoms with Gasteiger partial charge in [-0.15, -0.1) is 0 Å². The van der Waals surface area contributed by atoms with Crippen molar-refractivity contribution in [3.63, 3.8) is 0 Å². The Morgan fingerprint density at radius 2 is 1.96 bits per heavy atom. The van der Waals surface area contributed by atoms with Gasteiger partial charge in [0.25, 0.3) is 5.91 Å². The Morgan fingerprint density at radius 3 is 2.71 bits per heavy atom. The van der Waals surface area contributed by atoms with Gasteiger partial charge in [0.15, 0.2) is 0 Å². The van der Waals surface area contributed by atoms with Crippen molar-refractivity contribution in [2.45, 2.75) is 13.8 Å². The number of anilines is 1. The largest absolute Gasteiger partial charge is 0.441 e. The number of nitrogens with one attached hydrogen (secondary N) is 1. The summed E-state index contributed by atoms with van der Waals surface area (Å²) in [5.74, 6) is 1.04. The van der Waals surface area contributed by atoms with E-state index in [-0.39, 0.29) is 5.91 Å². The Kier molecular flexibility index (Phi) is 4.71. The van der Waals surface area contributed by atoms with Crippen LogP contribution < -0.4 is 5.32 Å². The number of halogens is 1. The summed E-state index contributed by atoms with van der Waals surface area (Å²) in [5, 5.41) is 7.72. The SMILES string of the molecule is Cc1nc(-c2cccc(NC(=O)c3cnn(-c4cccc(Cl)c4)c3)c2)oc1C. The molecule has 0 atom stereocenters. The number of carbonyl (C=O) groups is 1. The third-order valence-corrected chi connectivity index (χ3v) is 4.55. The summed E-state index contributed by atoms with van der Waals surface area (Å²) >= 11 is 6.01. The van der Waals surface area contributed by atoms with Crippen LogP contribution in [0.5, 0.6) is 0 Å². The number of aromatic nitrogens is 3. The molecule has 0 aliphatic heterocycles. The maximum absolute atomic E-state index is 12.6. The van der Waals surface area contributed by atoms with E-state index in [1.807, 2.05) is 50.2 Å². The Labute approximate surface area is 166 Å². The summed E-state index contributed by atoms with van der Waals surface area (Å²) in [6.07, 6.45) is 3.17. The molecule has 0 radical (unpaired) electrons. The van der Waals surface area contributed by atoms with Gasteiger partial charge in [-0.1, -0.05) is 23.7 Å². The highest BCUT2D eigenvalue weighted by Crippen LogP contribution is 2.24. The molecular weight excluding hydrogens is 376 g/mol. The quantitative estimate of drug-likeness (QED) is 0.527. The smallest absolute Gasteiger partial charge is 0.258 e. The molecule has 2 aromatic heterocycles. The number of aryl methyl sites for hydroxylation is 2. The highest BCUT2D eigenvalue weighted by Gasteiger charge is 2.12. The number of nitrogens with zero attached hydrogens (tertiary/aromatic N) is 3. The Balaban J connectivity index is 1.53. The first-order valence-corrected chi connectivity index (χ1v) is 9.04. The lowest BCUT2D eigenvalue weighted by atomic mass is 10.2. The van der Waals surface area contributed by atoms with Crippen molar-refractivity contribution in [3.8, 4) is 17.1 Å². The zero-order chi connectivity index (χ0) is 19.7. The van der Waals surface area contributed by atoms with Crippen LogP contribution in [-0.2, 0) is 0 Å². The van der Waals surface area contributed by atoms with Crippen LogP contribution in [0.4, 0.5) is 5.69 Å². The molecule has 0 bridgehead atoms. The summed E-state index contributed by atoms with van der Waals surface area (Å²) in [6, 6.07) is 14.6. The number of hydrogen-bond donors (Lipinski definition) is 1. The van der Waals surface area contributed by atoms with Gasteiger partial charge in [-0.25, -0.2) is 9.67 Å². The van der Waals surface area contributed by atoms with Crippen LogP contribution >= 0.6 is 11.6 Å². The van der Waals surface area contributed by atoms with E-state index in [4.69, 9.17) is 16.0 Å². The third kappa shape index (κ3) is 3.68. The lowest BCUT2D eigenvalue weighted by Gasteiger charge is -2.05. The van der Waals surface area contributed by atoms with Crippen LogP contribution in [0, 0.1) is 13.8 Å². The van der Waals surface area contributed by atoms with Gasteiger partial charge < -0.3 is 9.73 Å².